The number of aromatic amines is 1. The third-order valence-electron chi connectivity index (χ3n) is 3.79. The first-order valence-corrected chi connectivity index (χ1v) is 7.91. The lowest BCUT2D eigenvalue weighted by molar-refractivity contribution is 0.310. The number of H-pyrrole nitrogens is 1. The van der Waals surface area contributed by atoms with Crippen LogP contribution in [0.4, 0.5) is 0 Å². The molecule has 1 aromatic heterocycles. The van der Waals surface area contributed by atoms with Gasteiger partial charge in [0, 0.05) is 0 Å². The molecule has 4 N–H and O–H groups in total. The van der Waals surface area contributed by atoms with Crippen molar-refractivity contribution in [1.82, 2.24) is 15.2 Å². The molecular weight excluding hydrogens is 320 g/mol. The molecule has 0 spiro atoms. The van der Waals surface area contributed by atoms with E-state index in [4.69, 9.17) is 15.2 Å². The number of phenols is 1. The topological polar surface area (TPSA) is 106 Å². The van der Waals surface area contributed by atoms with E-state index in [2.05, 4.69) is 15.2 Å². The minimum absolute atomic E-state index is 0.115. The highest BCUT2D eigenvalue weighted by molar-refractivity contribution is 5.63. The zero-order valence-electron chi connectivity index (χ0n) is 14.1. The molecule has 1 heterocycles. The lowest BCUT2D eigenvalue weighted by Crippen LogP contribution is -2.14. The van der Waals surface area contributed by atoms with Gasteiger partial charge < -0.3 is 20.3 Å². The largest absolute Gasteiger partial charge is 0.507 e. The average Bonchev–Trinajstić information content (AvgIpc) is 3.12. The molecule has 3 rings (SSSR count). The molecule has 0 saturated carbocycles. The number of nitrogens with one attached hydrogen (secondary N) is 1. The van der Waals surface area contributed by atoms with E-state index in [1.165, 1.54) is 0 Å². The lowest BCUT2D eigenvalue weighted by Gasteiger charge is -2.13. The third kappa shape index (κ3) is 3.41. The molecular formula is C18H20N4O3. The Balaban J connectivity index is 1.89. The minimum atomic E-state index is -0.517. The van der Waals surface area contributed by atoms with Gasteiger partial charge in [-0.3, -0.25) is 5.10 Å². The van der Waals surface area contributed by atoms with E-state index in [9.17, 15) is 5.11 Å². The highest BCUT2D eigenvalue weighted by Gasteiger charge is 2.18. The number of nitrogens with two attached hydrogens (primary N) is 1. The summed E-state index contributed by atoms with van der Waals surface area (Å²) in [4.78, 5) is 4.41. The van der Waals surface area contributed by atoms with Crippen molar-refractivity contribution in [2.24, 2.45) is 5.73 Å². The zero-order valence-corrected chi connectivity index (χ0v) is 14.1. The molecule has 25 heavy (non-hydrogen) atoms. The van der Waals surface area contributed by atoms with Crippen LogP contribution in [0.1, 0.15) is 24.4 Å². The molecule has 0 aliphatic rings. The first-order chi connectivity index (χ1) is 12.1. The molecule has 0 radical (unpaired) electrons. The van der Waals surface area contributed by atoms with Gasteiger partial charge in [-0.2, -0.15) is 5.10 Å². The van der Waals surface area contributed by atoms with Crippen LogP contribution in [0.5, 0.6) is 17.2 Å². The monoisotopic (exact) mass is 340 g/mol. The number of aromatic nitrogens is 3. The van der Waals surface area contributed by atoms with Crippen LogP contribution in [-0.4, -0.2) is 34.0 Å². The second-order valence-electron chi connectivity index (χ2n) is 5.38. The van der Waals surface area contributed by atoms with Crippen LogP contribution in [0.15, 0.2) is 42.5 Å². The molecule has 0 unspecified atom stereocenters. The fourth-order valence-electron chi connectivity index (χ4n) is 2.51. The van der Waals surface area contributed by atoms with Gasteiger partial charge in [0.25, 0.3) is 0 Å². The van der Waals surface area contributed by atoms with E-state index >= 15 is 0 Å². The number of ether oxygens (including phenoxy) is 2. The van der Waals surface area contributed by atoms with Crippen molar-refractivity contribution in [3.05, 3.63) is 53.9 Å². The Morgan fingerprint density at radius 2 is 2.00 bits per heavy atom. The number of para-hydroxylation sites is 1. The van der Waals surface area contributed by atoms with Gasteiger partial charge >= 0.3 is 0 Å². The molecule has 0 aliphatic heterocycles. The van der Waals surface area contributed by atoms with Crippen LogP contribution in [0, 0.1) is 0 Å². The van der Waals surface area contributed by atoms with Crippen LogP contribution < -0.4 is 15.2 Å². The summed E-state index contributed by atoms with van der Waals surface area (Å²) >= 11 is 0. The molecule has 0 aliphatic carbocycles. The van der Waals surface area contributed by atoms with Crippen LogP contribution in [0.3, 0.4) is 0 Å². The highest BCUT2D eigenvalue weighted by Crippen LogP contribution is 2.32. The van der Waals surface area contributed by atoms with Crippen molar-refractivity contribution >= 4 is 0 Å². The molecule has 1 atom stereocenters. The van der Waals surface area contributed by atoms with Crippen molar-refractivity contribution in [3.8, 4) is 28.6 Å². The van der Waals surface area contributed by atoms with Gasteiger partial charge in [-0.25, -0.2) is 4.98 Å². The van der Waals surface area contributed by atoms with E-state index < -0.39 is 6.04 Å². The van der Waals surface area contributed by atoms with Crippen LogP contribution in [0.2, 0.25) is 0 Å². The molecule has 0 saturated heterocycles. The summed E-state index contributed by atoms with van der Waals surface area (Å²) in [5.74, 6) is 2.26. The number of hydrogen-bond donors (Lipinski definition) is 3. The molecule has 130 valence electrons. The fraction of sp³-hybridized carbons (Fsp3) is 0.222. The normalized spacial score (nSPS) is 12.0. The van der Waals surface area contributed by atoms with Crippen molar-refractivity contribution in [2.75, 3.05) is 13.7 Å². The summed E-state index contributed by atoms with van der Waals surface area (Å²) in [6.07, 6.45) is 0. The molecule has 0 amide bonds. The molecule has 3 aromatic rings. The van der Waals surface area contributed by atoms with Gasteiger partial charge in [0.15, 0.2) is 17.3 Å². The summed E-state index contributed by atoms with van der Waals surface area (Å²) < 4.78 is 10.9. The number of hydrogen-bond acceptors (Lipinski definition) is 6. The van der Waals surface area contributed by atoms with Gasteiger partial charge in [-0.1, -0.05) is 18.2 Å². The number of nitrogens with zero attached hydrogens (tertiary/aromatic N) is 2. The van der Waals surface area contributed by atoms with Crippen LogP contribution >= 0.6 is 0 Å². The fourth-order valence-corrected chi connectivity index (χ4v) is 2.51. The number of benzene rings is 2. The summed E-state index contributed by atoms with van der Waals surface area (Å²) in [6.45, 7) is 2.46. The predicted molar refractivity (Wildman–Crippen MR) is 93.7 cm³/mol. The van der Waals surface area contributed by atoms with Gasteiger partial charge in [-0.05, 0) is 36.8 Å². The van der Waals surface area contributed by atoms with Crippen molar-refractivity contribution in [2.45, 2.75) is 13.0 Å². The summed E-state index contributed by atoms with van der Waals surface area (Å²) in [5, 5.41) is 16.9. The third-order valence-corrected chi connectivity index (χ3v) is 3.79. The Labute approximate surface area is 145 Å². The summed E-state index contributed by atoms with van der Waals surface area (Å²) in [5.41, 5.74) is 7.65. The van der Waals surface area contributed by atoms with E-state index in [1.807, 2.05) is 31.2 Å². The second-order valence-corrected chi connectivity index (χ2v) is 5.38. The highest BCUT2D eigenvalue weighted by atomic mass is 16.5. The van der Waals surface area contributed by atoms with Gasteiger partial charge in [-0.15, -0.1) is 0 Å². The smallest absolute Gasteiger partial charge is 0.184 e. The maximum atomic E-state index is 9.92. The van der Waals surface area contributed by atoms with E-state index in [-0.39, 0.29) is 5.75 Å². The molecule has 2 aromatic carbocycles. The quantitative estimate of drug-likeness (QED) is 0.637. The number of aromatic hydroxyl groups is 1. The lowest BCUT2D eigenvalue weighted by atomic mass is 10.1. The van der Waals surface area contributed by atoms with Gasteiger partial charge in [0.1, 0.15) is 11.6 Å². The Morgan fingerprint density at radius 3 is 2.72 bits per heavy atom. The summed E-state index contributed by atoms with van der Waals surface area (Å²) in [7, 11) is 1.58. The Bertz CT molecular complexity index is 863. The van der Waals surface area contributed by atoms with E-state index in [0.717, 1.165) is 5.56 Å². The first kappa shape index (κ1) is 16.8. The van der Waals surface area contributed by atoms with Crippen LogP contribution in [0.25, 0.3) is 11.4 Å². The Hall–Kier alpha value is -3.06. The minimum Gasteiger partial charge on any atom is -0.507 e. The average molecular weight is 340 g/mol. The van der Waals surface area contributed by atoms with Gasteiger partial charge in [0.2, 0.25) is 0 Å². The predicted octanol–water partition coefficient (Wildman–Crippen LogP) is 2.63. The Morgan fingerprint density at radius 1 is 1.20 bits per heavy atom. The van der Waals surface area contributed by atoms with E-state index in [1.54, 1.807) is 25.3 Å². The van der Waals surface area contributed by atoms with Crippen LogP contribution in [-0.2, 0) is 0 Å². The summed E-state index contributed by atoms with van der Waals surface area (Å²) in [6, 6.07) is 11.9. The maximum absolute atomic E-state index is 9.92. The standard InChI is InChI=1S/C18H20N4O3/c1-3-25-14-9-8-11(10-15(14)24-2)16(19)18-20-17(21-22-18)12-6-4-5-7-13(12)23/h4-10,16,23H,3,19H2,1-2H3,(H,20,21,22)/t16-/m1/s1. The van der Waals surface area contributed by atoms with Crippen molar-refractivity contribution in [3.63, 3.8) is 0 Å². The zero-order chi connectivity index (χ0) is 17.8. The molecule has 7 nitrogen and oxygen atoms in total. The number of methoxy groups -OCH3 is 1. The first-order valence-electron chi connectivity index (χ1n) is 7.91. The molecule has 7 heteroatoms. The maximum Gasteiger partial charge on any atom is 0.184 e. The number of phenolic OH excluding ortho intramolecular Hbond substituents is 1. The molecule has 0 fully saturated rings. The number of rotatable bonds is 6. The van der Waals surface area contributed by atoms with E-state index in [0.29, 0.717) is 35.3 Å². The molecule has 0 bridgehead atoms. The SMILES string of the molecule is CCOc1ccc([C@@H](N)c2nc(-c3ccccc3O)n[nH]2)cc1OC. The van der Waals surface area contributed by atoms with Crippen molar-refractivity contribution in [1.29, 1.82) is 0 Å². The van der Waals surface area contributed by atoms with Crippen molar-refractivity contribution < 1.29 is 14.6 Å². The Kier molecular flexibility index (Phi) is 4.85. The second kappa shape index (κ2) is 7.23. The van der Waals surface area contributed by atoms with Gasteiger partial charge in [0.05, 0.1) is 25.3 Å².